The van der Waals surface area contributed by atoms with Crippen molar-refractivity contribution >= 4 is 11.6 Å². The van der Waals surface area contributed by atoms with Crippen molar-refractivity contribution in [1.29, 1.82) is 0 Å². The summed E-state index contributed by atoms with van der Waals surface area (Å²) in [5.74, 6) is 0.0851. The molecule has 0 atom stereocenters. The number of ether oxygens (including phenoxy) is 1. The van der Waals surface area contributed by atoms with Crippen LogP contribution in [0.25, 0.3) is 0 Å². The van der Waals surface area contributed by atoms with Crippen molar-refractivity contribution in [2.24, 2.45) is 0 Å². The summed E-state index contributed by atoms with van der Waals surface area (Å²) in [7, 11) is 1.74. The zero-order valence-electron chi connectivity index (χ0n) is 16.1. The quantitative estimate of drug-likeness (QED) is 0.789. The number of amides is 1. The summed E-state index contributed by atoms with van der Waals surface area (Å²) in [5.41, 5.74) is 1.08. The van der Waals surface area contributed by atoms with Gasteiger partial charge in [-0.15, -0.1) is 0 Å². The molecule has 1 aliphatic rings. The fourth-order valence-electron chi connectivity index (χ4n) is 3.12. The molecule has 1 amide bonds. The summed E-state index contributed by atoms with van der Waals surface area (Å²) < 4.78 is 18.9. The molecule has 0 spiro atoms. The van der Waals surface area contributed by atoms with Gasteiger partial charge in [-0.05, 0) is 36.4 Å². The van der Waals surface area contributed by atoms with Crippen LogP contribution in [0.15, 0.2) is 48.5 Å². The van der Waals surface area contributed by atoms with Gasteiger partial charge in [0.25, 0.3) is 0 Å². The number of phenols is 1. The Kier molecular flexibility index (Phi) is 6.71. The molecule has 0 radical (unpaired) electrons. The van der Waals surface area contributed by atoms with Gasteiger partial charge in [0.15, 0.2) is 11.6 Å². The van der Waals surface area contributed by atoms with Crippen LogP contribution in [0.3, 0.4) is 0 Å². The summed E-state index contributed by atoms with van der Waals surface area (Å²) >= 11 is 0. The van der Waals surface area contributed by atoms with Gasteiger partial charge in [0.1, 0.15) is 12.4 Å². The molecule has 6 nitrogen and oxygen atoms in total. The van der Waals surface area contributed by atoms with Crippen molar-refractivity contribution in [1.82, 2.24) is 9.80 Å². The van der Waals surface area contributed by atoms with E-state index in [-0.39, 0.29) is 24.0 Å². The minimum atomic E-state index is -0.400. The number of nitrogens with zero attached hydrogens (tertiary/aromatic N) is 3. The standard InChI is InChI=1S/C21H26FN3O3/c1-23(14-15-28-20-5-3-2-4-19(20)22)21(27)16-24-10-12-25(13-11-24)17-6-8-18(26)9-7-17/h2-9,26H,10-16H2,1H3. The van der Waals surface area contributed by atoms with Gasteiger partial charge >= 0.3 is 0 Å². The summed E-state index contributed by atoms with van der Waals surface area (Å²) in [6, 6.07) is 13.4. The van der Waals surface area contributed by atoms with Gasteiger partial charge < -0.3 is 19.6 Å². The van der Waals surface area contributed by atoms with Crippen LogP contribution >= 0.6 is 0 Å². The second-order valence-corrected chi connectivity index (χ2v) is 6.87. The summed E-state index contributed by atoms with van der Waals surface area (Å²) in [6.45, 7) is 4.27. The van der Waals surface area contributed by atoms with Gasteiger partial charge in [-0.25, -0.2) is 4.39 Å². The van der Waals surface area contributed by atoms with E-state index in [1.165, 1.54) is 6.07 Å². The van der Waals surface area contributed by atoms with E-state index >= 15 is 0 Å². The van der Waals surface area contributed by atoms with Gasteiger partial charge in [-0.1, -0.05) is 12.1 Å². The number of anilines is 1. The lowest BCUT2D eigenvalue weighted by Gasteiger charge is -2.36. The Morgan fingerprint density at radius 1 is 1.11 bits per heavy atom. The lowest BCUT2D eigenvalue weighted by atomic mass is 10.2. The van der Waals surface area contributed by atoms with E-state index in [2.05, 4.69) is 9.80 Å². The van der Waals surface area contributed by atoms with E-state index in [0.717, 1.165) is 31.9 Å². The molecule has 0 saturated carbocycles. The second-order valence-electron chi connectivity index (χ2n) is 6.87. The number of carbonyl (C=O) groups is 1. The number of likely N-dealkylation sites (N-methyl/N-ethyl adjacent to an activating group) is 1. The number of hydrogen-bond acceptors (Lipinski definition) is 5. The average molecular weight is 387 g/mol. The van der Waals surface area contributed by atoms with Gasteiger partial charge in [0.2, 0.25) is 5.91 Å². The molecule has 7 heteroatoms. The fraction of sp³-hybridized carbons (Fsp3) is 0.381. The number of benzene rings is 2. The van der Waals surface area contributed by atoms with E-state index in [4.69, 9.17) is 4.74 Å². The Hall–Kier alpha value is -2.80. The molecule has 0 aromatic heterocycles. The summed E-state index contributed by atoms with van der Waals surface area (Å²) in [4.78, 5) is 18.4. The van der Waals surface area contributed by atoms with Crippen LogP contribution in [0.4, 0.5) is 10.1 Å². The molecule has 0 aliphatic carbocycles. The first-order chi connectivity index (χ1) is 13.5. The first kappa shape index (κ1) is 19.9. The second kappa shape index (κ2) is 9.41. The number of phenolic OH excluding ortho intramolecular Hbond substituents is 1. The number of hydrogen-bond donors (Lipinski definition) is 1. The Balaban J connectivity index is 1.38. The van der Waals surface area contributed by atoms with E-state index in [0.29, 0.717) is 13.1 Å². The minimum absolute atomic E-state index is 0.0233. The molecule has 1 saturated heterocycles. The van der Waals surface area contributed by atoms with Crippen LogP contribution in [0, 0.1) is 5.82 Å². The van der Waals surface area contributed by atoms with Crippen LogP contribution < -0.4 is 9.64 Å². The highest BCUT2D eigenvalue weighted by Gasteiger charge is 2.20. The summed E-state index contributed by atoms with van der Waals surface area (Å²) in [5, 5.41) is 9.39. The normalized spacial score (nSPS) is 14.7. The zero-order valence-corrected chi connectivity index (χ0v) is 16.1. The van der Waals surface area contributed by atoms with Gasteiger partial charge in [0, 0.05) is 38.9 Å². The number of halogens is 1. The van der Waals surface area contributed by atoms with Crippen LogP contribution in [0.5, 0.6) is 11.5 Å². The number of carbonyl (C=O) groups excluding carboxylic acids is 1. The van der Waals surface area contributed by atoms with Crippen molar-refractivity contribution in [2.45, 2.75) is 0 Å². The molecule has 0 bridgehead atoms. The molecule has 1 heterocycles. The molecule has 1 N–H and O–H groups in total. The fourth-order valence-corrected chi connectivity index (χ4v) is 3.12. The third-order valence-electron chi connectivity index (χ3n) is 4.89. The first-order valence-corrected chi connectivity index (χ1v) is 9.40. The molecule has 1 fully saturated rings. The molecule has 150 valence electrons. The number of aromatic hydroxyl groups is 1. The van der Waals surface area contributed by atoms with Crippen LogP contribution in [0.2, 0.25) is 0 Å². The van der Waals surface area contributed by atoms with Crippen LogP contribution in [0.1, 0.15) is 0 Å². The largest absolute Gasteiger partial charge is 0.508 e. The molecular formula is C21H26FN3O3. The van der Waals surface area contributed by atoms with Gasteiger partial charge in [-0.3, -0.25) is 9.69 Å². The van der Waals surface area contributed by atoms with E-state index in [1.807, 2.05) is 12.1 Å². The van der Waals surface area contributed by atoms with Gasteiger partial charge in [-0.2, -0.15) is 0 Å². The Morgan fingerprint density at radius 3 is 2.46 bits per heavy atom. The molecule has 1 aliphatic heterocycles. The SMILES string of the molecule is CN(CCOc1ccccc1F)C(=O)CN1CCN(c2ccc(O)cc2)CC1. The lowest BCUT2D eigenvalue weighted by molar-refractivity contribution is -0.131. The smallest absolute Gasteiger partial charge is 0.236 e. The van der Waals surface area contributed by atoms with E-state index < -0.39 is 5.82 Å². The van der Waals surface area contributed by atoms with Crippen molar-refractivity contribution in [2.75, 3.05) is 57.8 Å². The topological polar surface area (TPSA) is 56.2 Å². The van der Waals surface area contributed by atoms with Crippen molar-refractivity contribution in [3.8, 4) is 11.5 Å². The Labute approximate surface area is 164 Å². The maximum Gasteiger partial charge on any atom is 0.236 e. The highest BCUT2D eigenvalue weighted by atomic mass is 19.1. The molecule has 3 rings (SSSR count). The van der Waals surface area contributed by atoms with E-state index in [1.54, 1.807) is 42.3 Å². The highest BCUT2D eigenvalue weighted by molar-refractivity contribution is 5.78. The maximum absolute atomic E-state index is 13.5. The lowest BCUT2D eigenvalue weighted by Crippen LogP contribution is -2.50. The van der Waals surface area contributed by atoms with E-state index in [9.17, 15) is 14.3 Å². The number of rotatable bonds is 7. The number of para-hydroxylation sites is 1. The maximum atomic E-state index is 13.5. The third-order valence-corrected chi connectivity index (χ3v) is 4.89. The predicted octanol–water partition coefficient (Wildman–Crippen LogP) is 2.19. The van der Waals surface area contributed by atoms with Gasteiger partial charge in [0.05, 0.1) is 13.1 Å². The van der Waals surface area contributed by atoms with Crippen LogP contribution in [-0.2, 0) is 4.79 Å². The van der Waals surface area contributed by atoms with Crippen molar-refractivity contribution in [3.63, 3.8) is 0 Å². The van der Waals surface area contributed by atoms with Crippen molar-refractivity contribution in [3.05, 3.63) is 54.3 Å². The summed E-state index contributed by atoms with van der Waals surface area (Å²) in [6.07, 6.45) is 0. The molecule has 0 unspecified atom stereocenters. The minimum Gasteiger partial charge on any atom is -0.508 e. The molecule has 2 aromatic rings. The molecule has 2 aromatic carbocycles. The average Bonchev–Trinajstić information content (AvgIpc) is 2.70. The zero-order chi connectivity index (χ0) is 19.9. The van der Waals surface area contributed by atoms with Crippen molar-refractivity contribution < 1.29 is 19.0 Å². The van der Waals surface area contributed by atoms with Crippen LogP contribution in [-0.4, -0.2) is 73.7 Å². The predicted molar refractivity (Wildman–Crippen MR) is 106 cm³/mol. The third kappa shape index (κ3) is 5.36. The Bertz CT molecular complexity index is 777. The molecule has 28 heavy (non-hydrogen) atoms. The molecular weight excluding hydrogens is 361 g/mol. The first-order valence-electron chi connectivity index (χ1n) is 9.40. The monoisotopic (exact) mass is 387 g/mol. The highest BCUT2D eigenvalue weighted by Crippen LogP contribution is 2.20. The number of piperazine rings is 1. The Morgan fingerprint density at radius 2 is 1.79 bits per heavy atom.